The number of rotatable bonds is 7. The van der Waals surface area contributed by atoms with Crippen LogP contribution in [0.5, 0.6) is 0 Å². The van der Waals surface area contributed by atoms with Gasteiger partial charge < -0.3 is 19.5 Å². The molecule has 0 saturated heterocycles. The molecule has 0 radical (unpaired) electrons. The number of benzene rings is 1. The zero-order chi connectivity index (χ0) is 16.7. The molecule has 126 valence electrons. The molecule has 0 spiro atoms. The lowest BCUT2D eigenvalue weighted by Crippen LogP contribution is -2.32. The Bertz CT molecular complexity index is 527. The monoisotopic (exact) mass is 319 g/mol. The number of aliphatic hydroxyl groups is 1. The van der Waals surface area contributed by atoms with Gasteiger partial charge in [0, 0.05) is 33.0 Å². The lowest BCUT2D eigenvalue weighted by Gasteiger charge is -2.30. The molecular formula is C18H25NO4. The second-order valence-corrected chi connectivity index (χ2v) is 5.83. The van der Waals surface area contributed by atoms with E-state index in [-0.39, 0.29) is 18.4 Å². The highest BCUT2D eigenvalue weighted by atomic mass is 16.7. The van der Waals surface area contributed by atoms with Crippen molar-refractivity contribution in [2.24, 2.45) is 0 Å². The lowest BCUT2D eigenvalue weighted by molar-refractivity contribution is -0.151. The third-order valence-electron chi connectivity index (χ3n) is 3.76. The van der Waals surface area contributed by atoms with E-state index in [1.807, 2.05) is 36.4 Å². The minimum absolute atomic E-state index is 0.0895. The fourth-order valence-corrected chi connectivity index (χ4v) is 2.49. The fourth-order valence-electron chi connectivity index (χ4n) is 2.49. The summed E-state index contributed by atoms with van der Waals surface area (Å²) in [6, 6.07) is 10.0. The van der Waals surface area contributed by atoms with Gasteiger partial charge in [0.15, 0.2) is 5.76 Å². The van der Waals surface area contributed by atoms with E-state index >= 15 is 0 Å². The Hall–Kier alpha value is -1.85. The third kappa shape index (κ3) is 5.08. The number of hydrogen-bond donors (Lipinski definition) is 1. The molecule has 23 heavy (non-hydrogen) atoms. The summed E-state index contributed by atoms with van der Waals surface area (Å²) in [6.45, 7) is 0.669. The second-order valence-electron chi connectivity index (χ2n) is 5.83. The van der Waals surface area contributed by atoms with Gasteiger partial charge in [-0.1, -0.05) is 30.3 Å². The number of allylic oxidation sites excluding steroid dienone is 1. The van der Waals surface area contributed by atoms with Crippen LogP contribution >= 0.6 is 0 Å². The standard InChI is InChI=1S/C18H25NO4/c1-19(2)18(21)16-12-15(14-8-4-3-5-9-14)13-17(23-16)22-11-7-6-10-20/h3-5,8-9,12,15,17,20H,6-7,10-11,13H2,1-2H3/t15-,17+/m1/s1. The van der Waals surface area contributed by atoms with Crippen LogP contribution in [0, 0.1) is 0 Å². The number of ether oxygens (including phenoxy) is 2. The maximum atomic E-state index is 12.2. The van der Waals surface area contributed by atoms with E-state index in [0.29, 0.717) is 25.2 Å². The fraction of sp³-hybridized carbons (Fsp3) is 0.500. The van der Waals surface area contributed by atoms with Gasteiger partial charge in [0.05, 0.1) is 6.61 Å². The van der Waals surface area contributed by atoms with Crippen molar-refractivity contribution >= 4 is 5.91 Å². The number of hydrogen-bond acceptors (Lipinski definition) is 4. The molecule has 1 amide bonds. The van der Waals surface area contributed by atoms with Gasteiger partial charge in [0.25, 0.3) is 5.91 Å². The predicted molar refractivity (Wildman–Crippen MR) is 87.7 cm³/mol. The van der Waals surface area contributed by atoms with Crippen LogP contribution in [0.3, 0.4) is 0 Å². The molecule has 0 aromatic heterocycles. The molecular weight excluding hydrogens is 294 g/mol. The van der Waals surface area contributed by atoms with Crippen molar-refractivity contribution in [3.05, 3.63) is 47.7 Å². The largest absolute Gasteiger partial charge is 0.459 e. The summed E-state index contributed by atoms with van der Waals surface area (Å²) in [6.07, 6.45) is 3.59. The first kappa shape index (κ1) is 17.5. The van der Waals surface area contributed by atoms with Crippen molar-refractivity contribution in [1.82, 2.24) is 4.90 Å². The normalized spacial score (nSPS) is 20.6. The van der Waals surface area contributed by atoms with Crippen LogP contribution in [0.15, 0.2) is 42.2 Å². The average Bonchev–Trinajstić information content (AvgIpc) is 2.58. The topological polar surface area (TPSA) is 59.0 Å². The molecule has 1 aromatic carbocycles. The van der Waals surface area contributed by atoms with E-state index in [1.165, 1.54) is 4.90 Å². The van der Waals surface area contributed by atoms with Gasteiger partial charge >= 0.3 is 0 Å². The minimum Gasteiger partial charge on any atom is -0.459 e. The van der Waals surface area contributed by atoms with Crippen molar-refractivity contribution in [3.63, 3.8) is 0 Å². The molecule has 5 heteroatoms. The number of carbonyl (C=O) groups is 1. The van der Waals surface area contributed by atoms with E-state index in [9.17, 15) is 4.79 Å². The predicted octanol–water partition coefficient (Wildman–Crippen LogP) is 2.28. The Labute approximate surface area is 137 Å². The van der Waals surface area contributed by atoms with Crippen molar-refractivity contribution < 1.29 is 19.4 Å². The average molecular weight is 319 g/mol. The van der Waals surface area contributed by atoms with Gasteiger partial charge in [-0.15, -0.1) is 0 Å². The Morgan fingerprint density at radius 1 is 1.30 bits per heavy atom. The molecule has 0 fully saturated rings. The summed E-state index contributed by atoms with van der Waals surface area (Å²) in [5.41, 5.74) is 1.14. The molecule has 0 unspecified atom stereocenters. The van der Waals surface area contributed by atoms with Crippen LogP contribution in [0.25, 0.3) is 0 Å². The highest BCUT2D eigenvalue weighted by molar-refractivity contribution is 5.91. The highest BCUT2D eigenvalue weighted by Gasteiger charge is 2.29. The number of carbonyl (C=O) groups excluding carboxylic acids is 1. The van der Waals surface area contributed by atoms with Gasteiger partial charge in [-0.2, -0.15) is 0 Å². The van der Waals surface area contributed by atoms with Gasteiger partial charge in [0.2, 0.25) is 6.29 Å². The summed E-state index contributed by atoms with van der Waals surface area (Å²) in [7, 11) is 3.41. The van der Waals surface area contributed by atoms with Crippen molar-refractivity contribution in [2.45, 2.75) is 31.5 Å². The second kappa shape index (κ2) is 8.70. The third-order valence-corrected chi connectivity index (χ3v) is 3.76. The van der Waals surface area contributed by atoms with Crippen LogP contribution in [0.2, 0.25) is 0 Å². The van der Waals surface area contributed by atoms with Crippen LogP contribution < -0.4 is 0 Å². The Balaban J connectivity index is 2.10. The molecule has 1 aliphatic rings. The summed E-state index contributed by atoms with van der Waals surface area (Å²) in [5.74, 6) is 0.267. The molecule has 2 atom stereocenters. The Kier molecular flexibility index (Phi) is 6.62. The quantitative estimate of drug-likeness (QED) is 0.783. The van der Waals surface area contributed by atoms with Gasteiger partial charge in [-0.05, 0) is 24.5 Å². The molecule has 0 aliphatic carbocycles. The molecule has 1 heterocycles. The Morgan fingerprint density at radius 3 is 2.70 bits per heavy atom. The van der Waals surface area contributed by atoms with Gasteiger partial charge in [-0.3, -0.25) is 4.79 Å². The number of unbranched alkanes of at least 4 members (excludes halogenated alkanes) is 1. The van der Waals surface area contributed by atoms with Crippen LogP contribution in [0.4, 0.5) is 0 Å². The molecule has 1 aliphatic heterocycles. The van der Waals surface area contributed by atoms with Crippen LogP contribution in [0.1, 0.15) is 30.7 Å². The minimum atomic E-state index is -0.442. The highest BCUT2D eigenvalue weighted by Crippen LogP contribution is 2.31. The number of amides is 1. The first-order chi connectivity index (χ1) is 11.1. The van der Waals surface area contributed by atoms with E-state index < -0.39 is 6.29 Å². The number of aliphatic hydroxyl groups excluding tert-OH is 1. The SMILES string of the molecule is CN(C)C(=O)C1=C[C@@H](c2ccccc2)C[C@@H](OCCCCO)O1. The van der Waals surface area contributed by atoms with Gasteiger partial charge in [-0.25, -0.2) is 0 Å². The Morgan fingerprint density at radius 2 is 2.04 bits per heavy atom. The van der Waals surface area contributed by atoms with Gasteiger partial charge in [0.1, 0.15) is 0 Å². The summed E-state index contributed by atoms with van der Waals surface area (Å²) in [5, 5.41) is 8.82. The first-order valence-corrected chi connectivity index (χ1v) is 7.99. The first-order valence-electron chi connectivity index (χ1n) is 7.99. The van der Waals surface area contributed by atoms with Crippen molar-refractivity contribution in [3.8, 4) is 0 Å². The maximum absolute atomic E-state index is 12.2. The smallest absolute Gasteiger partial charge is 0.288 e. The molecule has 5 nitrogen and oxygen atoms in total. The van der Waals surface area contributed by atoms with Crippen LogP contribution in [-0.2, 0) is 14.3 Å². The number of nitrogens with zero attached hydrogens (tertiary/aromatic N) is 1. The number of likely N-dealkylation sites (N-methyl/N-ethyl adjacent to an activating group) is 1. The van der Waals surface area contributed by atoms with Crippen molar-refractivity contribution in [1.29, 1.82) is 0 Å². The molecule has 0 bridgehead atoms. The molecule has 1 aromatic rings. The maximum Gasteiger partial charge on any atom is 0.288 e. The van der Waals surface area contributed by atoms with Crippen LogP contribution in [-0.4, -0.2) is 49.5 Å². The summed E-state index contributed by atoms with van der Waals surface area (Å²) < 4.78 is 11.5. The van der Waals surface area contributed by atoms with E-state index in [1.54, 1.807) is 14.1 Å². The summed E-state index contributed by atoms with van der Waals surface area (Å²) in [4.78, 5) is 13.7. The van der Waals surface area contributed by atoms with E-state index in [0.717, 1.165) is 12.0 Å². The summed E-state index contributed by atoms with van der Waals surface area (Å²) >= 11 is 0. The molecule has 0 saturated carbocycles. The van der Waals surface area contributed by atoms with E-state index in [2.05, 4.69) is 0 Å². The zero-order valence-electron chi connectivity index (χ0n) is 13.8. The van der Waals surface area contributed by atoms with Crippen molar-refractivity contribution in [2.75, 3.05) is 27.3 Å². The lowest BCUT2D eigenvalue weighted by atomic mass is 9.93. The molecule has 1 N–H and O–H groups in total. The molecule has 2 rings (SSSR count). The zero-order valence-corrected chi connectivity index (χ0v) is 13.8. The van der Waals surface area contributed by atoms with E-state index in [4.69, 9.17) is 14.6 Å².